The van der Waals surface area contributed by atoms with Crippen molar-refractivity contribution >= 4 is 35.0 Å². The van der Waals surface area contributed by atoms with E-state index in [4.69, 9.17) is 5.10 Å². The maximum absolute atomic E-state index is 13.2. The van der Waals surface area contributed by atoms with Crippen LogP contribution in [0.5, 0.6) is 0 Å². The minimum Gasteiger partial charge on any atom is -0.325 e. The fraction of sp³-hybridized carbons (Fsp3) is 0.333. The lowest BCUT2D eigenvalue weighted by atomic mass is 9.85. The predicted molar refractivity (Wildman–Crippen MR) is 126 cm³/mol. The van der Waals surface area contributed by atoms with Gasteiger partial charge in [-0.15, -0.1) is 5.10 Å². The second-order valence-corrected chi connectivity index (χ2v) is 9.12. The highest BCUT2D eigenvalue weighted by molar-refractivity contribution is 7.98. The number of benzene rings is 2. The summed E-state index contributed by atoms with van der Waals surface area (Å²) in [5.74, 6) is 1.09. The van der Waals surface area contributed by atoms with Crippen molar-refractivity contribution in [1.82, 2.24) is 14.8 Å². The van der Waals surface area contributed by atoms with E-state index in [1.54, 1.807) is 11.8 Å². The zero-order chi connectivity index (χ0) is 22.0. The molecule has 7 heteroatoms. The summed E-state index contributed by atoms with van der Waals surface area (Å²) < 4.78 is 1.84. The van der Waals surface area contributed by atoms with Gasteiger partial charge in [0, 0.05) is 17.2 Å². The van der Waals surface area contributed by atoms with Gasteiger partial charge in [-0.2, -0.15) is 4.98 Å². The number of carbonyl (C=O) groups excluding carboxylic acids is 1. The number of aryl methyl sites for hydroxylation is 1. The summed E-state index contributed by atoms with van der Waals surface area (Å²) in [6, 6.07) is 17.7. The number of aliphatic imine (C=N–C) groups is 1. The van der Waals surface area contributed by atoms with Gasteiger partial charge in [-0.1, -0.05) is 68.1 Å². The maximum atomic E-state index is 13.2. The van der Waals surface area contributed by atoms with E-state index in [1.165, 1.54) is 11.1 Å². The van der Waals surface area contributed by atoms with Crippen LogP contribution in [-0.2, 0) is 10.5 Å². The Morgan fingerprint density at radius 1 is 1.10 bits per heavy atom. The Hall–Kier alpha value is -2.93. The monoisotopic (exact) mass is 433 g/mol. The summed E-state index contributed by atoms with van der Waals surface area (Å²) >= 11 is 1.60. The van der Waals surface area contributed by atoms with Crippen molar-refractivity contribution in [3.05, 3.63) is 65.7 Å². The summed E-state index contributed by atoms with van der Waals surface area (Å²) in [7, 11) is 0. The summed E-state index contributed by atoms with van der Waals surface area (Å²) in [5, 5.41) is 8.47. The number of rotatable bonds is 6. The van der Waals surface area contributed by atoms with Crippen LogP contribution in [0.25, 0.3) is 0 Å². The van der Waals surface area contributed by atoms with Gasteiger partial charge >= 0.3 is 0 Å². The molecule has 0 saturated carbocycles. The molecule has 1 aliphatic heterocycles. The van der Waals surface area contributed by atoms with Crippen molar-refractivity contribution < 1.29 is 4.79 Å². The first-order valence-corrected chi connectivity index (χ1v) is 11.5. The molecule has 0 aliphatic carbocycles. The first-order chi connectivity index (χ1) is 14.9. The van der Waals surface area contributed by atoms with Gasteiger partial charge in [0.1, 0.15) is 0 Å². The molecular weight excluding hydrogens is 406 g/mol. The third kappa shape index (κ3) is 4.56. The molecule has 2 aromatic carbocycles. The smallest absolute Gasteiger partial charge is 0.249 e. The number of nitrogens with zero attached hydrogens (tertiary/aromatic N) is 4. The van der Waals surface area contributed by atoms with E-state index in [-0.39, 0.29) is 17.9 Å². The average Bonchev–Trinajstić information content (AvgIpc) is 3.14. The number of thioether (sulfide) groups is 1. The topological polar surface area (TPSA) is 72.2 Å². The van der Waals surface area contributed by atoms with E-state index < -0.39 is 5.92 Å². The number of anilines is 1. The molecule has 2 heterocycles. The fourth-order valence-electron chi connectivity index (χ4n) is 3.92. The third-order valence-corrected chi connectivity index (χ3v) is 6.46. The molecule has 0 spiro atoms. The van der Waals surface area contributed by atoms with E-state index in [0.29, 0.717) is 11.1 Å². The van der Waals surface area contributed by atoms with E-state index in [1.807, 2.05) is 54.1 Å². The number of hydrogen-bond acceptors (Lipinski definition) is 5. The first-order valence-electron chi connectivity index (χ1n) is 10.5. The lowest BCUT2D eigenvalue weighted by Gasteiger charge is -2.32. The maximum Gasteiger partial charge on any atom is 0.249 e. The Morgan fingerprint density at radius 2 is 1.81 bits per heavy atom. The second kappa shape index (κ2) is 9.06. The minimum atomic E-state index is -0.399. The quantitative estimate of drug-likeness (QED) is 0.526. The van der Waals surface area contributed by atoms with Gasteiger partial charge in [0.05, 0.1) is 12.0 Å². The summed E-state index contributed by atoms with van der Waals surface area (Å²) in [4.78, 5) is 22.5. The van der Waals surface area contributed by atoms with Crippen LogP contribution < -0.4 is 5.32 Å². The number of aromatic nitrogens is 3. The van der Waals surface area contributed by atoms with Crippen LogP contribution in [0, 0.1) is 18.8 Å². The van der Waals surface area contributed by atoms with Crippen molar-refractivity contribution in [2.75, 3.05) is 5.32 Å². The molecular formula is C24H27N5OS. The lowest BCUT2D eigenvalue weighted by molar-refractivity contribution is -0.119. The predicted octanol–water partition coefficient (Wildman–Crippen LogP) is 5.44. The highest BCUT2D eigenvalue weighted by atomic mass is 32.2. The molecule has 1 N–H and O–H groups in total. The first kappa shape index (κ1) is 21.3. The van der Waals surface area contributed by atoms with Gasteiger partial charge in [0.2, 0.25) is 17.0 Å². The number of carbonyl (C=O) groups is 1. The van der Waals surface area contributed by atoms with Gasteiger partial charge in [-0.3, -0.25) is 4.79 Å². The molecule has 0 fully saturated rings. The van der Waals surface area contributed by atoms with Crippen LogP contribution in [0.2, 0.25) is 0 Å². The number of para-hydroxylation sites is 1. The molecule has 4 rings (SSSR count). The molecule has 3 aromatic rings. The zero-order valence-corrected chi connectivity index (χ0v) is 19.1. The lowest BCUT2D eigenvalue weighted by Crippen LogP contribution is -2.40. The van der Waals surface area contributed by atoms with Crippen LogP contribution >= 0.6 is 11.8 Å². The largest absolute Gasteiger partial charge is 0.325 e. The summed E-state index contributed by atoms with van der Waals surface area (Å²) in [6.45, 7) is 8.23. The fourth-order valence-corrected chi connectivity index (χ4v) is 4.82. The van der Waals surface area contributed by atoms with E-state index >= 15 is 0 Å². The van der Waals surface area contributed by atoms with Gasteiger partial charge in [0.15, 0.2) is 0 Å². The molecule has 0 radical (unpaired) electrons. The van der Waals surface area contributed by atoms with Gasteiger partial charge in [-0.25, -0.2) is 9.67 Å². The average molecular weight is 434 g/mol. The van der Waals surface area contributed by atoms with Gasteiger partial charge in [-0.05, 0) is 43.0 Å². The zero-order valence-electron chi connectivity index (χ0n) is 18.2. The van der Waals surface area contributed by atoms with Gasteiger partial charge in [0.25, 0.3) is 0 Å². The number of amides is 1. The standard InChI is InChI=1S/C24H27N5OS/c1-15(2)21-20(22(30)26-19-12-6-5-7-13-19)17(4)25-23-27-24(28-29(21)23)31-14-18-11-9-8-10-16(18)3/h5-13,15,20-21H,14H2,1-4H3,(H,26,30). The molecule has 1 aliphatic rings. The van der Waals surface area contributed by atoms with Crippen LogP contribution in [0.15, 0.2) is 64.7 Å². The Balaban J connectivity index is 1.58. The number of nitrogens with one attached hydrogen (secondary N) is 1. The Kier molecular flexibility index (Phi) is 6.23. The highest BCUT2D eigenvalue weighted by Gasteiger charge is 2.40. The van der Waals surface area contributed by atoms with Crippen LogP contribution in [0.4, 0.5) is 11.6 Å². The SMILES string of the molecule is CC1=Nc2nc(SCc3ccccc3C)nn2C(C(C)C)C1C(=O)Nc1ccccc1. The summed E-state index contributed by atoms with van der Waals surface area (Å²) in [6.07, 6.45) is 0. The molecule has 6 nitrogen and oxygen atoms in total. The molecule has 0 bridgehead atoms. The molecule has 1 amide bonds. The van der Waals surface area contributed by atoms with Crippen LogP contribution in [0.1, 0.15) is 37.9 Å². The van der Waals surface area contributed by atoms with Crippen molar-refractivity contribution in [2.45, 2.75) is 44.6 Å². The minimum absolute atomic E-state index is 0.0681. The third-order valence-electron chi connectivity index (χ3n) is 5.57. The van der Waals surface area contributed by atoms with E-state index in [2.05, 4.69) is 48.2 Å². The molecule has 31 heavy (non-hydrogen) atoms. The molecule has 2 unspecified atom stereocenters. The van der Waals surface area contributed by atoms with Crippen molar-refractivity contribution in [2.24, 2.45) is 16.8 Å². The summed E-state index contributed by atoms with van der Waals surface area (Å²) in [5.41, 5.74) is 4.06. The van der Waals surface area contributed by atoms with Crippen molar-refractivity contribution in [3.63, 3.8) is 0 Å². The Morgan fingerprint density at radius 3 is 2.52 bits per heavy atom. The number of fused-ring (bicyclic) bond motifs is 1. The van der Waals surface area contributed by atoms with Crippen LogP contribution in [0.3, 0.4) is 0 Å². The van der Waals surface area contributed by atoms with Crippen molar-refractivity contribution in [1.29, 1.82) is 0 Å². The van der Waals surface area contributed by atoms with Crippen LogP contribution in [-0.4, -0.2) is 26.4 Å². The Bertz CT molecular complexity index is 1110. The highest BCUT2D eigenvalue weighted by Crippen LogP contribution is 2.37. The Labute approximate surface area is 187 Å². The number of hydrogen-bond donors (Lipinski definition) is 1. The molecule has 160 valence electrons. The van der Waals surface area contributed by atoms with E-state index in [9.17, 15) is 4.79 Å². The van der Waals surface area contributed by atoms with Gasteiger partial charge < -0.3 is 5.32 Å². The molecule has 1 aromatic heterocycles. The normalized spacial score (nSPS) is 17.9. The second-order valence-electron chi connectivity index (χ2n) is 8.17. The molecule has 0 saturated heterocycles. The van der Waals surface area contributed by atoms with E-state index in [0.717, 1.165) is 17.2 Å². The molecule has 2 atom stereocenters. The van der Waals surface area contributed by atoms with Crippen molar-refractivity contribution in [3.8, 4) is 0 Å².